The summed E-state index contributed by atoms with van der Waals surface area (Å²) < 4.78 is 10.7. The van der Waals surface area contributed by atoms with Gasteiger partial charge in [0.25, 0.3) is 0 Å². The van der Waals surface area contributed by atoms with E-state index in [0.717, 1.165) is 16.7 Å². The molecule has 1 amide bonds. The number of amides is 1. The number of carbonyl (C=O) groups excluding carboxylic acids is 1. The molecule has 35 heavy (non-hydrogen) atoms. The van der Waals surface area contributed by atoms with Crippen LogP contribution in [-0.2, 0) is 33.8 Å². The molecular formula is C25H31ClN2O7. The number of rotatable bonds is 10. The molecule has 0 aromatic heterocycles. The number of ether oxygens (including phenoxy) is 2. The van der Waals surface area contributed by atoms with Gasteiger partial charge in [-0.1, -0.05) is 30.3 Å². The van der Waals surface area contributed by atoms with Crippen molar-refractivity contribution in [1.82, 2.24) is 10.2 Å². The number of hydrogen-bond donors (Lipinski definition) is 3. The number of aliphatic carboxylic acids is 2. The monoisotopic (exact) mass is 506 g/mol. The molecule has 0 aliphatic carbocycles. The van der Waals surface area contributed by atoms with Crippen molar-refractivity contribution >= 4 is 30.3 Å². The molecule has 0 fully saturated rings. The second kappa shape index (κ2) is 12.4. The summed E-state index contributed by atoms with van der Waals surface area (Å²) in [6, 6.07) is 10.0. The molecule has 9 nitrogen and oxygen atoms in total. The van der Waals surface area contributed by atoms with E-state index >= 15 is 0 Å². The highest BCUT2D eigenvalue weighted by atomic mass is 35.5. The number of nitrogens with one attached hydrogen (secondary N) is 1. The van der Waals surface area contributed by atoms with E-state index < -0.39 is 36.0 Å². The first-order chi connectivity index (χ1) is 16.2. The van der Waals surface area contributed by atoms with Crippen LogP contribution in [0.15, 0.2) is 42.5 Å². The lowest BCUT2D eigenvalue weighted by atomic mass is 9.92. The first kappa shape index (κ1) is 27.9. The first-order valence-corrected chi connectivity index (χ1v) is 11.0. The largest absolute Gasteiger partial charge is 0.493 e. The molecule has 0 radical (unpaired) electrons. The van der Waals surface area contributed by atoms with Gasteiger partial charge in [0.15, 0.2) is 11.5 Å². The first-order valence-electron chi connectivity index (χ1n) is 11.0. The van der Waals surface area contributed by atoms with E-state index in [-0.39, 0.29) is 25.4 Å². The normalized spacial score (nSPS) is 16.3. The van der Waals surface area contributed by atoms with Crippen LogP contribution < -0.4 is 14.8 Å². The Hall–Kier alpha value is -3.30. The fraction of sp³-hybridized carbons (Fsp3) is 0.400. The summed E-state index contributed by atoms with van der Waals surface area (Å²) >= 11 is 0. The van der Waals surface area contributed by atoms with Gasteiger partial charge in [-0.3, -0.25) is 14.9 Å². The van der Waals surface area contributed by atoms with Crippen molar-refractivity contribution in [2.45, 2.75) is 50.9 Å². The number of carboxylic acid groups (broad SMARTS) is 2. The maximum Gasteiger partial charge on any atom is 0.326 e. The summed E-state index contributed by atoms with van der Waals surface area (Å²) in [6.45, 7) is 1.63. The highest BCUT2D eigenvalue weighted by molar-refractivity contribution is 5.88. The number of aryl methyl sites for hydroxylation is 1. The molecule has 1 heterocycles. The van der Waals surface area contributed by atoms with Crippen molar-refractivity contribution in [1.29, 1.82) is 0 Å². The fourth-order valence-corrected chi connectivity index (χ4v) is 4.22. The van der Waals surface area contributed by atoms with E-state index in [4.69, 9.17) is 9.47 Å². The van der Waals surface area contributed by atoms with Gasteiger partial charge in [-0.05, 0) is 48.6 Å². The molecule has 0 saturated heterocycles. The van der Waals surface area contributed by atoms with Gasteiger partial charge in [0.05, 0.1) is 20.3 Å². The number of halogens is 1. The number of benzene rings is 2. The Morgan fingerprint density at radius 1 is 1.06 bits per heavy atom. The highest BCUT2D eigenvalue weighted by Crippen LogP contribution is 2.35. The summed E-state index contributed by atoms with van der Waals surface area (Å²) in [5, 5.41) is 22.4. The van der Waals surface area contributed by atoms with Gasteiger partial charge in [-0.2, -0.15) is 0 Å². The van der Waals surface area contributed by atoms with Crippen molar-refractivity contribution in [3.63, 3.8) is 0 Å². The number of nitrogens with zero attached hydrogens (tertiary/aromatic N) is 1. The number of fused-ring (bicyclic) bond motifs is 1. The molecule has 1 aliphatic heterocycles. The van der Waals surface area contributed by atoms with Gasteiger partial charge in [0.1, 0.15) is 12.1 Å². The van der Waals surface area contributed by atoms with Gasteiger partial charge in [-0.25, -0.2) is 4.79 Å². The summed E-state index contributed by atoms with van der Waals surface area (Å²) in [4.78, 5) is 38.4. The third-order valence-electron chi connectivity index (χ3n) is 6.09. The molecule has 0 saturated carbocycles. The van der Waals surface area contributed by atoms with Crippen LogP contribution in [0.2, 0.25) is 0 Å². The zero-order valence-electron chi connectivity index (χ0n) is 19.9. The number of hydrogen-bond acceptors (Lipinski definition) is 6. The van der Waals surface area contributed by atoms with E-state index in [1.165, 1.54) is 19.1 Å². The van der Waals surface area contributed by atoms with Gasteiger partial charge in [-0.15, -0.1) is 12.4 Å². The zero-order chi connectivity index (χ0) is 24.8. The quantitative estimate of drug-likeness (QED) is 0.449. The lowest BCUT2D eigenvalue weighted by Gasteiger charge is -2.37. The van der Waals surface area contributed by atoms with Crippen LogP contribution in [0, 0.1) is 0 Å². The van der Waals surface area contributed by atoms with Gasteiger partial charge in [0.2, 0.25) is 5.91 Å². The molecule has 0 spiro atoms. The Balaban J connectivity index is 0.00000432. The van der Waals surface area contributed by atoms with E-state index in [1.807, 2.05) is 30.3 Å². The van der Waals surface area contributed by atoms with E-state index in [0.29, 0.717) is 24.3 Å². The van der Waals surface area contributed by atoms with Crippen LogP contribution in [0.3, 0.4) is 0 Å². The molecule has 2 aromatic carbocycles. The third kappa shape index (κ3) is 6.64. The second-order valence-corrected chi connectivity index (χ2v) is 8.30. The lowest BCUT2D eigenvalue weighted by molar-refractivity contribution is -0.152. The van der Waals surface area contributed by atoms with Gasteiger partial charge < -0.3 is 24.6 Å². The molecule has 2 aromatic rings. The van der Waals surface area contributed by atoms with Crippen LogP contribution in [0.5, 0.6) is 11.5 Å². The molecule has 3 atom stereocenters. The van der Waals surface area contributed by atoms with Crippen molar-refractivity contribution in [3.05, 3.63) is 59.2 Å². The van der Waals surface area contributed by atoms with Crippen LogP contribution in [-0.4, -0.2) is 65.3 Å². The predicted molar refractivity (Wildman–Crippen MR) is 131 cm³/mol. The summed E-state index contributed by atoms with van der Waals surface area (Å²) in [7, 11) is 3.01. The van der Waals surface area contributed by atoms with Crippen LogP contribution in [0.25, 0.3) is 0 Å². The minimum Gasteiger partial charge on any atom is -0.493 e. The van der Waals surface area contributed by atoms with Gasteiger partial charge >= 0.3 is 11.9 Å². The van der Waals surface area contributed by atoms with Gasteiger partial charge in [0, 0.05) is 13.0 Å². The molecular weight excluding hydrogens is 476 g/mol. The van der Waals surface area contributed by atoms with E-state index in [1.54, 1.807) is 19.1 Å². The SMILES string of the molecule is COc1cc2c(cc1OC)CN(C(=O)C(C)NC(CCc1ccccc1)C(=O)O)C(C(=O)O)C2.Cl. The van der Waals surface area contributed by atoms with Crippen molar-refractivity contribution < 1.29 is 34.1 Å². The third-order valence-corrected chi connectivity index (χ3v) is 6.09. The van der Waals surface area contributed by atoms with Crippen LogP contribution >= 0.6 is 12.4 Å². The van der Waals surface area contributed by atoms with E-state index in [9.17, 15) is 24.6 Å². The molecule has 3 rings (SSSR count). The maximum atomic E-state index is 13.3. The molecule has 3 unspecified atom stereocenters. The Labute approximate surface area is 210 Å². The lowest BCUT2D eigenvalue weighted by Crippen LogP contribution is -2.56. The van der Waals surface area contributed by atoms with Crippen molar-refractivity contribution in [2.75, 3.05) is 14.2 Å². The second-order valence-electron chi connectivity index (χ2n) is 8.30. The molecule has 1 aliphatic rings. The average Bonchev–Trinajstić information content (AvgIpc) is 2.84. The Morgan fingerprint density at radius 2 is 1.66 bits per heavy atom. The average molecular weight is 507 g/mol. The smallest absolute Gasteiger partial charge is 0.326 e. The fourth-order valence-electron chi connectivity index (χ4n) is 4.22. The van der Waals surface area contributed by atoms with E-state index in [2.05, 4.69) is 5.32 Å². The summed E-state index contributed by atoms with van der Waals surface area (Å²) in [5.41, 5.74) is 2.52. The molecule has 3 N–H and O–H groups in total. The minimum atomic E-state index is -1.13. The molecule has 190 valence electrons. The summed E-state index contributed by atoms with van der Waals surface area (Å²) in [6.07, 6.45) is 0.932. The minimum absolute atomic E-state index is 0. The Morgan fingerprint density at radius 3 is 2.20 bits per heavy atom. The summed E-state index contributed by atoms with van der Waals surface area (Å²) in [5.74, 6) is -1.69. The van der Waals surface area contributed by atoms with Crippen LogP contribution in [0.1, 0.15) is 30.0 Å². The Bertz CT molecular complexity index is 1050. The molecule has 10 heteroatoms. The zero-order valence-corrected chi connectivity index (χ0v) is 20.7. The van der Waals surface area contributed by atoms with Crippen molar-refractivity contribution in [3.8, 4) is 11.5 Å². The maximum absolute atomic E-state index is 13.3. The van der Waals surface area contributed by atoms with Crippen LogP contribution in [0.4, 0.5) is 0 Å². The standard InChI is InChI=1S/C25H30N2O7.ClH/c1-15(26-19(24(29)30)10-9-16-7-5-4-6-8-16)23(28)27-14-18-13-22(34-3)21(33-2)12-17(18)11-20(27)25(31)32;/h4-8,12-13,15,19-20,26H,9-11,14H2,1-3H3,(H,29,30)(H,31,32);1H. The topological polar surface area (TPSA) is 125 Å². The number of methoxy groups -OCH3 is 2. The van der Waals surface area contributed by atoms with Crippen molar-refractivity contribution in [2.24, 2.45) is 0 Å². The molecule has 0 bridgehead atoms. The predicted octanol–water partition coefficient (Wildman–Crippen LogP) is 2.53. The number of carbonyl (C=O) groups is 3. The number of carboxylic acids is 2. The Kier molecular flexibility index (Phi) is 9.91. The highest BCUT2D eigenvalue weighted by Gasteiger charge is 2.38.